The molecule has 0 saturated heterocycles. The fourth-order valence-electron chi connectivity index (χ4n) is 1.94. The highest BCUT2D eigenvalue weighted by molar-refractivity contribution is 7.89. The van der Waals surface area contributed by atoms with Crippen LogP contribution in [0.1, 0.15) is 20.3 Å². The van der Waals surface area contributed by atoms with Crippen LogP contribution < -0.4 is 11.3 Å². The molecule has 110 valence electrons. The first-order valence-corrected chi connectivity index (χ1v) is 7.79. The van der Waals surface area contributed by atoms with Gasteiger partial charge in [-0.2, -0.15) is 4.31 Å². The third-order valence-corrected chi connectivity index (χ3v) is 5.45. The number of nitrogen functional groups attached to an aromatic ring is 1. The van der Waals surface area contributed by atoms with Gasteiger partial charge in [0.2, 0.25) is 5.03 Å². The van der Waals surface area contributed by atoms with E-state index >= 15 is 0 Å². The van der Waals surface area contributed by atoms with Gasteiger partial charge in [-0.05, 0) is 25.5 Å². The fourth-order valence-corrected chi connectivity index (χ4v) is 3.59. The van der Waals surface area contributed by atoms with E-state index in [1.807, 2.05) is 13.8 Å². The number of hydrogen-bond donors (Lipinski definition) is 2. The van der Waals surface area contributed by atoms with Crippen molar-refractivity contribution >= 4 is 21.5 Å². The second-order valence-electron chi connectivity index (χ2n) is 4.62. The lowest BCUT2D eigenvalue weighted by atomic mass is 10.3. The van der Waals surface area contributed by atoms with E-state index in [9.17, 15) is 8.42 Å². The number of fused-ring (bicyclic) bond motifs is 1. The van der Waals surface area contributed by atoms with Crippen LogP contribution in [0.4, 0.5) is 5.82 Å². The first-order valence-electron chi connectivity index (χ1n) is 6.35. The van der Waals surface area contributed by atoms with Crippen molar-refractivity contribution < 1.29 is 8.42 Å². The second kappa shape index (κ2) is 5.39. The predicted molar refractivity (Wildman–Crippen MR) is 77.7 cm³/mol. The Kier molecular flexibility index (Phi) is 3.98. The van der Waals surface area contributed by atoms with Gasteiger partial charge < -0.3 is 5.43 Å². The van der Waals surface area contributed by atoms with E-state index in [0.717, 1.165) is 6.42 Å². The Hall–Kier alpha value is -1.64. The first kappa shape index (κ1) is 14.8. The Morgan fingerprint density at radius 1 is 1.50 bits per heavy atom. The number of pyridine rings is 1. The highest BCUT2D eigenvalue weighted by atomic mass is 32.2. The van der Waals surface area contributed by atoms with Crippen LogP contribution in [0, 0.1) is 0 Å². The van der Waals surface area contributed by atoms with Crippen molar-refractivity contribution in [1.29, 1.82) is 0 Å². The maximum atomic E-state index is 12.8. The lowest BCUT2D eigenvalue weighted by molar-refractivity contribution is 0.379. The molecule has 0 saturated carbocycles. The summed E-state index contributed by atoms with van der Waals surface area (Å²) < 4.78 is 28.4. The first-order chi connectivity index (χ1) is 9.43. The smallest absolute Gasteiger partial charge is 0.262 e. The van der Waals surface area contributed by atoms with Crippen LogP contribution in [0.25, 0.3) is 5.65 Å². The molecule has 0 aliphatic heterocycles. The summed E-state index contributed by atoms with van der Waals surface area (Å²) in [5.74, 6) is 5.56. The van der Waals surface area contributed by atoms with E-state index in [2.05, 4.69) is 10.4 Å². The van der Waals surface area contributed by atoms with E-state index < -0.39 is 10.0 Å². The van der Waals surface area contributed by atoms with Crippen LogP contribution in [0.5, 0.6) is 0 Å². The van der Waals surface area contributed by atoms with Crippen LogP contribution in [0.3, 0.4) is 0 Å². The molecule has 1 atom stereocenters. The highest BCUT2D eigenvalue weighted by Crippen LogP contribution is 2.26. The molecule has 20 heavy (non-hydrogen) atoms. The summed E-state index contributed by atoms with van der Waals surface area (Å²) in [6.07, 6.45) is 2.37. The number of anilines is 1. The van der Waals surface area contributed by atoms with Crippen LogP contribution in [0.2, 0.25) is 0 Å². The van der Waals surface area contributed by atoms with Gasteiger partial charge in [-0.3, -0.25) is 4.40 Å². The van der Waals surface area contributed by atoms with Crippen LogP contribution in [-0.2, 0) is 10.0 Å². The number of imidazole rings is 1. The molecule has 0 aliphatic rings. The molecule has 8 heteroatoms. The van der Waals surface area contributed by atoms with Crippen molar-refractivity contribution in [2.24, 2.45) is 5.84 Å². The average molecular weight is 297 g/mol. The molecule has 0 aliphatic carbocycles. The zero-order valence-corrected chi connectivity index (χ0v) is 12.6. The third-order valence-electron chi connectivity index (χ3n) is 3.46. The van der Waals surface area contributed by atoms with Gasteiger partial charge in [0, 0.05) is 19.3 Å². The van der Waals surface area contributed by atoms with Gasteiger partial charge in [0.05, 0.1) is 0 Å². The molecular formula is C12H19N5O2S. The Morgan fingerprint density at radius 3 is 2.80 bits per heavy atom. The fraction of sp³-hybridized carbons (Fsp3) is 0.417. The van der Waals surface area contributed by atoms with Crippen molar-refractivity contribution in [2.75, 3.05) is 12.5 Å². The Balaban J connectivity index is 2.67. The summed E-state index contributed by atoms with van der Waals surface area (Å²) in [6, 6.07) is 5.15. The molecule has 0 spiro atoms. The number of rotatable bonds is 5. The van der Waals surface area contributed by atoms with Crippen LogP contribution >= 0.6 is 0 Å². The largest absolute Gasteiger partial charge is 0.306 e. The molecule has 2 rings (SSSR count). The average Bonchev–Trinajstić information content (AvgIpc) is 2.84. The SMILES string of the molecule is CCC(C)N(C)S(=O)(=O)c1c(NN)nc2ccccn12. The van der Waals surface area contributed by atoms with Crippen molar-refractivity contribution in [2.45, 2.75) is 31.3 Å². The number of hydrazine groups is 1. The molecule has 7 nitrogen and oxygen atoms in total. The van der Waals surface area contributed by atoms with E-state index in [-0.39, 0.29) is 16.9 Å². The van der Waals surface area contributed by atoms with Crippen LogP contribution in [-0.4, -0.2) is 35.2 Å². The van der Waals surface area contributed by atoms with E-state index in [4.69, 9.17) is 5.84 Å². The number of sulfonamides is 1. The van der Waals surface area contributed by atoms with E-state index in [0.29, 0.717) is 5.65 Å². The van der Waals surface area contributed by atoms with Crippen molar-refractivity contribution in [3.05, 3.63) is 24.4 Å². The zero-order valence-electron chi connectivity index (χ0n) is 11.7. The molecule has 0 aromatic carbocycles. The Morgan fingerprint density at radius 2 is 2.20 bits per heavy atom. The summed E-state index contributed by atoms with van der Waals surface area (Å²) in [6.45, 7) is 3.80. The molecule has 0 amide bonds. The van der Waals surface area contributed by atoms with Gasteiger partial charge in [-0.25, -0.2) is 19.2 Å². The number of aromatic nitrogens is 2. The molecule has 2 heterocycles. The minimum absolute atomic E-state index is 0.0541. The van der Waals surface area contributed by atoms with E-state index in [1.54, 1.807) is 31.4 Å². The van der Waals surface area contributed by atoms with E-state index in [1.165, 1.54) is 8.71 Å². The maximum absolute atomic E-state index is 12.8. The molecule has 0 radical (unpaired) electrons. The Bertz CT molecular complexity index is 710. The molecule has 1 unspecified atom stereocenters. The lowest BCUT2D eigenvalue weighted by Crippen LogP contribution is -2.35. The summed E-state index contributed by atoms with van der Waals surface area (Å²) in [5, 5.41) is 0.0541. The monoisotopic (exact) mass is 297 g/mol. The minimum atomic E-state index is -3.69. The van der Waals surface area contributed by atoms with Gasteiger partial charge in [-0.15, -0.1) is 0 Å². The lowest BCUT2D eigenvalue weighted by Gasteiger charge is -2.23. The molecule has 3 N–H and O–H groups in total. The third kappa shape index (κ3) is 2.26. The highest BCUT2D eigenvalue weighted by Gasteiger charge is 2.31. The topological polar surface area (TPSA) is 92.7 Å². The van der Waals surface area contributed by atoms with Gasteiger partial charge >= 0.3 is 0 Å². The molecule has 0 fully saturated rings. The molecule has 2 aromatic heterocycles. The number of nitrogens with one attached hydrogen (secondary N) is 1. The van der Waals surface area contributed by atoms with Crippen molar-refractivity contribution in [3.63, 3.8) is 0 Å². The van der Waals surface area contributed by atoms with Gasteiger partial charge in [0.1, 0.15) is 5.65 Å². The quantitative estimate of drug-likeness (QED) is 0.635. The summed E-state index contributed by atoms with van der Waals surface area (Å²) in [5.41, 5.74) is 2.89. The van der Waals surface area contributed by atoms with Gasteiger partial charge in [0.15, 0.2) is 5.82 Å². The molecular weight excluding hydrogens is 278 g/mol. The maximum Gasteiger partial charge on any atom is 0.262 e. The molecule has 0 bridgehead atoms. The Labute approximate surface area is 118 Å². The predicted octanol–water partition coefficient (Wildman–Crippen LogP) is 1.04. The second-order valence-corrected chi connectivity index (χ2v) is 6.53. The van der Waals surface area contributed by atoms with Gasteiger partial charge in [-0.1, -0.05) is 13.0 Å². The number of nitrogens with two attached hydrogens (primary N) is 1. The minimum Gasteiger partial charge on any atom is -0.306 e. The summed E-state index contributed by atoms with van der Waals surface area (Å²) in [7, 11) is -2.12. The zero-order chi connectivity index (χ0) is 14.9. The normalized spacial score (nSPS) is 13.8. The van der Waals surface area contributed by atoms with Crippen LogP contribution in [0.15, 0.2) is 29.4 Å². The number of nitrogens with zero attached hydrogens (tertiary/aromatic N) is 3. The molecule has 2 aromatic rings. The van der Waals surface area contributed by atoms with Gasteiger partial charge in [0.25, 0.3) is 10.0 Å². The standard InChI is InChI=1S/C12H19N5O2S/c1-4-9(2)16(3)20(18,19)12-11(15-13)14-10-7-5-6-8-17(10)12/h5-9,15H,4,13H2,1-3H3. The summed E-state index contributed by atoms with van der Waals surface area (Å²) >= 11 is 0. The number of hydrogen-bond acceptors (Lipinski definition) is 5. The summed E-state index contributed by atoms with van der Waals surface area (Å²) in [4.78, 5) is 4.19. The van der Waals surface area contributed by atoms with Crippen molar-refractivity contribution in [3.8, 4) is 0 Å². The van der Waals surface area contributed by atoms with Crippen molar-refractivity contribution in [1.82, 2.24) is 13.7 Å².